The minimum atomic E-state index is -4.49. The molecule has 0 aromatic heterocycles. The Labute approximate surface area is 107 Å². The molecule has 0 spiro atoms. The van der Waals surface area contributed by atoms with E-state index in [0.717, 1.165) is 12.1 Å². The van der Waals surface area contributed by atoms with Crippen molar-refractivity contribution in [1.82, 2.24) is 5.32 Å². The molecule has 1 aromatic carbocycles. The van der Waals surface area contributed by atoms with Gasteiger partial charge in [-0.15, -0.1) is 0 Å². The van der Waals surface area contributed by atoms with Gasteiger partial charge in [0.05, 0.1) is 5.56 Å². The number of nitrogens with two attached hydrogens (primary N) is 1. The van der Waals surface area contributed by atoms with E-state index in [1.807, 2.05) is 0 Å². The van der Waals surface area contributed by atoms with Gasteiger partial charge in [0.15, 0.2) is 0 Å². The van der Waals surface area contributed by atoms with Crippen molar-refractivity contribution >= 4 is 11.7 Å². The van der Waals surface area contributed by atoms with Gasteiger partial charge in [-0.3, -0.25) is 4.79 Å². The predicted molar refractivity (Wildman–Crippen MR) is 62.7 cm³/mol. The number of carbonyl (C=O) groups is 1. The molecule has 1 fully saturated rings. The van der Waals surface area contributed by atoms with Crippen molar-refractivity contribution < 1.29 is 23.1 Å². The monoisotopic (exact) mass is 274 g/mol. The molecule has 7 heteroatoms. The van der Waals surface area contributed by atoms with Crippen LogP contribution < -0.4 is 11.1 Å². The van der Waals surface area contributed by atoms with Crippen LogP contribution in [0.25, 0.3) is 0 Å². The second-order valence-electron chi connectivity index (χ2n) is 4.61. The summed E-state index contributed by atoms with van der Waals surface area (Å²) in [6.07, 6.45) is -4.19. The molecule has 0 saturated carbocycles. The van der Waals surface area contributed by atoms with Crippen LogP contribution in [0.3, 0.4) is 0 Å². The van der Waals surface area contributed by atoms with Gasteiger partial charge >= 0.3 is 12.1 Å². The van der Waals surface area contributed by atoms with Crippen LogP contribution in [0.2, 0.25) is 0 Å². The number of benzene rings is 1. The average molecular weight is 274 g/mol. The number of alkyl halides is 3. The number of aliphatic carboxylic acids is 1. The molecular formula is C12H13F3N2O2. The quantitative estimate of drug-likeness (QED) is 0.716. The van der Waals surface area contributed by atoms with E-state index in [0.29, 0.717) is 13.0 Å². The van der Waals surface area contributed by atoms with Crippen LogP contribution in [-0.2, 0) is 16.4 Å². The van der Waals surface area contributed by atoms with Crippen LogP contribution in [-0.4, -0.2) is 24.2 Å². The molecule has 4 nitrogen and oxygen atoms in total. The Hall–Kier alpha value is -1.76. The fraction of sp³-hybridized carbons (Fsp3) is 0.417. The fourth-order valence-electron chi connectivity index (χ4n) is 2.39. The molecule has 0 aliphatic carbocycles. The molecule has 1 heterocycles. The third kappa shape index (κ3) is 2.25. The zero-order valence-corrected chi connectivity index (χ0v) is 9.92. The van der Waals surface area contributed by atoms with E-state index in [4.69, 9.17) is 5.73 Å². The lowest BCUT2D eigenvalue weighted by Crippen LogP contribution is -2.38. The molecule has 1 unspecified atom stereocenters. The lowest BCUT2D eigenvalue weighted by atomic mass is 9.78. The minimum Gasteiger partial charge on any atom is -0.481 e. The Morgan fingerprint density at radius 1 is 1.42 bits per heavy atom. The molecule has 19 heavy (non-hydrogen) atoms. The fourth-order valence-corrected chi connectivity index (χ4v) is 2.39. The Kier molecular flexibility index (Phi) is 3.17. The number of anilines is 1. The highest BCUT2D eigenvalue weighted by atomic mass is 19.4. The number of nitrogen functional groups attached to an aromatic ring is 1. The first-order valence-corrected chi connectivity index (χ1v) is 5.69. The van der Waals surface area contributed by atoms with Crippen LogP contribution in [0, 0.1) is 0 Å². The van der Waals surface area contributed by atoms with Crippen molar-refractivity contribution in [3.63, 3.8) is 0 Å². The molecule has 1 saturated heterocycles. The maximum Gasteiger partial charge on any atom is 0.416 e. The van der Waals surface area contributed by atoms with Gasteiger partial charge in [0.2, 0.25) is 0 Å². The number of rotatable bonds is 2. The molecular weight excluding hydrogens is 261 g/mol. The van der Waals surface area contributed by atoms with Gasteiger partial charge in [-0.2, -0.15) is 13.2 Å². The van der Waals surface area contributed by atoms with Crippen LogP contribution in [0.15, 0.2) is 18.2 Å². The van der Waals surface area contributed by atoms with E-state index >= 15 is 0 Å². The zero-order chi connectivity index (χ0) is 14.3. The second-order valence-corrected chi connectivity index (χ2v) is 4.61. The minimum absolute atomic E-state index is 0.138. The van der Waals surface area contributed by atoms with E-state index in [1.54, 1.807) is 0 Å². The number of hydrogen-bond donors (Lipinski definition) is 3. The Morgan fingerprint density at radius 2 is 2.11 bits per heavy atom. The number of hydrogen-bond acceptors (Lipinski definition) is 3. The normalized spacial score (nSPS) is 23.5. The van der Waals surface area contributed by atoms with E-state index in [9.17, 15) is 23.1 Å². The predicted octanol–water partition coefficient (Wildman–Crippen LogP) is 1.60. The number of halogens is 3. The number of nitrogens with one attached hydrogen (secondary N) is 1. The van der Waals surface area contributed by atoms with Crippen molar-refractivity contribution in [2.45, 2.75) is 18.0 Å². The van der Waals surface area contributed by atoms with Gasteiger partial charge < -0.3 is 16.2 Å². The molecule has 0 bridgehead atoms. The Bertz CT molecular complexity index is 508. The molecule has 104 valence electrons. The van der Waals surface area contributed by atoms with Crippen molar-refractivity contribution in [2.75, 3.05) is 18.8 Å². The average Bonchev–Trinajstić information content (AvgIpc) is 2.77. The first-order valence-electron chi connectivity index (χ1n) is 5.69. The van der Waals surface area contributed by atoms with Gasteiger partial charge in [0, 0.05) is 12.2 Å². The summed E-state index contributed by atoms with van der Waals surface area (Å²) in [7, 11) is 0. The summed E-state index contributed by atoms with van der Waals surface area (Å²) in [6.45, 7) is 0.657. The Balaban J connectivity index is 2.49. The first-order chi connectivity index (χ1) is 8.77. The smallest absolute Gasteiger partial charge is 0.416 e. The largest absolute Gasteiger partial charge is 0.481 e. The van der Waals surface area contributed by atoms with E-state index in [-0.39, 0.29) is 17.8 Å². The van der Waals surface area contributed by atoms with Gasteiger partial charge in [-0.25, -0.2) is 0 Å². The second kappa shape index (κ2) is 4.41. The maximum atomic E-state index is 12.5. The van der Waals surface area contributed by atoms with Gasteiger partial charge in [0.25, 0.3) is 0 Å². The highest BCUT2D eigenvalue weighted by Crippen LogP contribution is 2.38. The highest BCUT2D eigenvalue weighted by Gasteiger charge is 2.45. The van der Waals surface area contributed by atoms with Crippen molar-refractivity contribution in [1.29, 1.82) is 0 Å². The SMILES string of the molecule is Nc1cc(C(F)(F)F)ccc1C1(C(=O)O)CCNC1. The molecule has 2 rings (SSSR count). The standard InChI is InChI=1S/C12H13F3N2O2/c13-12(14,15)7-1-2-8(9(16)5-7)11(10(18)19)3-4-17-6-11/h1-2,5,17H,3-4,6,16H2,(H,18,19). The molecule has 1 atom stereocenters. The summed E-state index contributed by atoms with van der Waals surface area (Å²) in [5, 5.41) is 12.3. The number of carboxylic acids is 1. The third-order valence-electron chi connectivity index (χ3n) is 3.46. The van der Waals surface area contributed by atoms with Crippen LogP contribution in [0.4, 0.5) is 18.9 Å². The molecule has 0 amide bonds. The van der Waals surface area contributed by atoms with Gasteiger partial charge in [-0.1, -0.05) is 6.07 Å². The summed E-state index contributed by atoms with van der Waals surface area (Å²) in [6, 6.07) is 2.83. The van der Waals surface area contributed by atoms with Crippen molar-refractivity contribution in [3.05, 3.63) is 29.3 Å². The van der Waals surface area contributed by atoms with Crippen LogP contribution in [0.1, 0.15) is 17.5 Å². The van der Waals surface area contributed by atoms with E-state index in [1.165, 1.54) is 6.07 Å². The summed E-state index contributed by atoms with van der Waals surface area (Å²) in [4.78, 5) is 11.4. The molecule has 1 aliphatic heterocycles. The summed E-state index contributed by atoms with van der Waals surface area (Å²) < 4.78 is 37.6. The summed E-state index contributed by atoms with van der Waals surface area (Å²) in [5.74, 6) is -1.08. The lowest BCUT2D eigenvalue weighted by molar-refractivity contribution is -0.143. The van der Waals surface area contributed by atoms with E-state index < -0.39 is 23.1 Å². The molecule has 1 aromatic rings. The third-order valence-corrected chi connectivity index (χ3v) is 3.46. The lowest BCUT2D eigenvalue weighted by Gasteiger charge is -2.25. The van der Waals surface area contributed by atoms with Crippen molar-refractivity contribution in [2.24, 2.45) is 0 Å². The zero-order valence-electron chi connectivity index (χ0n) is 9.92. The van der Waals surface area contributed by atoms with Crippen molar-refractivity contribution in [3.8, 4) is 0 Å². The van der Waals surface area contributed by atoms with Gasteiger partial charge in [-0.05, 0) is 30.7 Å². The van der Waals surface area contributed by atoms with Crippen LogP contribution >= 0.6 is 0 Å². The summed E-state index contributed by atoms with van der Waals surface area (Å²) in [5.41, 5.74) is 3.61. The Morgan fingerprint density at radius 3 is 2.53 bits per heavy atom. The number of carboxylic acid groups (broad SMARTS) is 1. The highest BCUT2D eigenvalue weighted by molar-refractivity contribution is 5.84. The first kappa shape index (κ1) is 13.7. The molecule has 1 aliphatic rings. The molecule has 0 radical (unpaired) electrons. The van der Waals surface area contributed by atoms with Gasteiger partial charge in [0.1, 0.15) is 5.41 Å². The summed E-state index contributed by atoms with van der Waals surface area (Å²) >= 11 is 0. The van der Waals surface area contributed by atoms with Crippen LogP contribution in [0.5, 0.6) is 0 Å². The van der Waals surface area contributed by atoms with E-state index in [2.05, 4.69) is 5.32 Å². The molecule has 4 N–H and O–H groups in total. The topological polar surface area (TPSA) is 75.4 Å². The maximum absolute atomic E-state index is 12.5.